The van der Waals surface area contributed by atoms with Crippen LogP contribution >= 0.6 is 0 Å². The maximum absolute atomic E-state index is 12.0. The number of esters is 1. The molecule has 3 heteroatoms. The molecule has 31 heavy (non-hydrogen) atoms. The minimum absolute atomic E-state index is 0.325. The first-order chi connectivity index (χ1) is 15.2. The van der Waals surface area contributed by atoms with Crippen molar-refractivity contribution in [1.29, 1.82) is 0 Å². The van der Waals surface area contributed by atoms with Gasteiger partial charge in [0.2, 0.25) is 0 Å². The van der Waals surface area contributed by atoms with Gasteiger partial charge in [-0.2, -0.15) is 0 Å². The Morgan fingerprint density at radius 1 is 0.839 bits per heavy atom. The molecule has 0 heterocycles. The van der Waals surface area contributed by atoms with Gasteiger partial charge in [0, 0.05) is 12.8 Å². The second-order valence-electron chi connectivity index (χ2n) is 7.96. The lowest BCUT2D eigenvalue weighted by Crippen LogP contribution is -2.19. The van der Waals surface area contributed by atoms with Gasteiger partial charge in [-0.1, -0.05) is 91.0 Å². The van der Waals surface area contributed by atoms with Crippen LogP contribution in [0.15, 0.2) is 103 Å². The van der Waals surface area contributed by atoms with E-state index >= 15 is 0 Å². The lowest BCUT2D eigenvalue weighted by Gasteiger charge is -2.27. The lowest BCUT2D eigenvalue weighted by molar-refractivity contribution is -0.153. The summed E-state index contributed by atoms with van der Waals surface area (Å²) in [6.45, 7) is 1.44. The van der Waals surface area contributed by atoms with Crippen molar-refractivity contribution in [1.82, 2.24) is 0 Å². The maximum Gasteiger partial charge on any atom is 0.303 e. The lowest BCUT2D eigenvalue weighted by atomic mass is 9.94. The minimum atomic E-state index is -0.533. The molecule has 3 nitrogen and oxygen atoms in total. The summed E-state index contributed by atoms with van der Waals surface area (Å²) in [5.41, 5.74) is 4.51. The summed E-state index contributed by atoms with van der Waals surface area (Å²) >= 11 is 0. The summed E-state index contributed by atoms with van der Waals surface area (Å²) in [5, 5.41) is 0. The number of hydrogen-bond donors (Lipinski definition) is 0. The number of allylic oxidation sites excluding steroid dienone is 1. The van der Waals surface area contributed by atoms with Gasteiger partial charge in [-0.05, 0) is 41.5 Å². The van der Waals surface area contributed by atoms with Crippen molar-refractivity contribution >= 4 is 5.97 Å². The normalized spacial score (nSPS) is 19.0. The Morgan fingerprint density at radius 2 is 1.39 bits per heavy atom. The summed E-state index contributed by atoms with van der Waals surface area (Å²) < 4.78 is 12.2. The van der Waals surface area contributed by atoms with E-state index in [1.807, 2.05) is 73.0 Å². The standard InChI is InChI=1S/C28H28O3/c1-21(29)31-28(24-16-9-4-10-17-24)27(23-14-7-3-8-15-23)30-20-25-18-11-19-26(25)22-12-5-2-6-13-22/h2-10,12-17,20,26-28H,11,18-19H2,1H3/b25-20+/t26-,27-,28-/m1/s1. The first-order valence-electron chi connectivity index (χ1n) is 10.9. The molecule has 0 radical (unpaired) electrons. The first-order valence-corrected chi connectivity index (χ1v) is 10.9. The Bertz CT molecular complexity index is 996. The van der Waals surface area contributed by atoms with Gasteiger partial charge in [-0.3, -0.25) is 4.79 Å². The topological polar surface area (TPSA) is 35.5 Å². The van der Waals surface area contributed by atoms with Crippen LogP contribution in [0.1, 0.15) is 61.0 Å². The molecule has 0 aliphatic heterocycles. The fourth-order valence-electron chi connectivity index (χ4n) is 4.33. The molecule has 0 saturated heterocycles. The highest BCUT2D eigenvalue weighted by molar-refractivity contribution is 5.66. The van der Waals surface area contributed by atoms with Crippen molar-refractivity contribution in [2.75, 3.05) is 0 Å². The molecule has 0 unspecified atom stereocenters. The van der Waals surface area contributed by atoms with Crippen LogP contribution in [0.4, 0.5) is 0 Å². The minimum Gasteiger partial charge on any atom is -0.489 e. The zero-order valence-electron chi connectivity index (χ0n) is 17.8. The highest BCUT2D eigenvalue weighted by atomic mass is 16.6. The third-order valence-corrected chi connectivity index (χ3v) is 5.80. The van der Waals surface area contributed by atoms with E-state index in [9.17, 15) is 4.79 Å². The van der Waals surface area contributed by atoms with Gasteiger partial charge < -0.3 is 9.47 Å². The monoisotopic (exact) mass is 412 g/mol. The van der Waals surface area contributed by atoms with Crippen molar-refractivity contribution in [3.8, 4) is 0 Å². The molecule has 1 aliphatic rings. The molecule has 0 bridgehead atoms. The van der Waals surface area contributed by atoms with Crippen molar-refractivity contribution in [2.24, 2.45) is 0 Å². The van der Waals surface area contributed by atoms with E-state index in [0.717, 1.165) is 30.4 Å². The predicted octanol–water partition coefficient (Wildman–Crippen LogP) is 6.90. The Hall–Kier alpha value is -3.33. The zero-order valence-corrected chi connectivity index (χ0v) is 17.8. The molecule has 1 saturated carbocycles. The Labute approximate surface area is 184 Å². The van der Waals surface area contributed by atoms with Crippen LogP contribution in [0.2, 0.25) is 0 Å². The van der Waals surface area contributed by atoms with Gasteiger partial charge in [0.05, 0.1) is 6.26 Å². The van der Waals surface area contributed by atoms with E-state index in [2.05, 4.69) is 24.3 Å². The Balaban J connectivity index is 1.67. The van der Waals surface area contributed by atoms with Gasteiger partial charge >= 0.3 is 5.97 Å². The number of benzene rings is 3. The van der Waals surface area contributed by atoms with Crippen LogP contribution in [0.3, 0.4) is 0 Å². The highest BCUT2D eigenvalue weighted by Crippen LogP contribution is 2.41. The van der Waals surface area contributed by atoms with Crippen LogP contribution in [-0.2, 0) is 14.3 Å². The molecule has 3 atom stereocenters. The second-order valence-corrected chi connectivity index (χ2v) is 7.96. The predicted molar refractivity (Wildman–Crippen MR) is 122 cm³/mol. The van der Waals surface area contributed by atoms with Crippen molar-refractivity contribution in [2.45, 2.75) is 44.3 Å². The second kappa shape index (κ2) is 10.1. The van der Waals surface area contributed by atoms with Crippen LogP contribution in [0, 0.1) is 0 Å². The highest BCUT2D eigenvalue weighted by Gasteiger charge is 2.30. The zero-order chi connectivity index (χ0) is 21.5. The van der Waals surface area contributed by atoms with Gasteiger partial charge in [0.25, 0.3) is 0 Å². The third-order valence-electron chi connectivity index (χ3n) is 5.80. The van der Waals surface area contributed by atoms with E-state index in [-0.39, 0.29) is 5.97 Å². The molecule has 3 aromatic rings. The van der Waals surface area contributed by atoms with Crippen LogP contribution in [-0.4, -0.2) is 5.97 Å². The van der Waals surface area contributed by atoms with E-state index in [1.165, 1.54) is 18.1 Å². The van der Waals surface area contributed by atoms with E-state index in [0.29, 0.717) is 5.92 Å². The molecule has 0 aromatic heterocycles. The number of carbonyl (C=O) groups is 1. The summed E-state index contributed by atoms with van der Waals surface area (Å²) in [6.07, 6.45) is 4.25. The number of hydrogen-bond acceptors (Lipinski definition) is 3. The average Bonchev–Trinajstić information content (AvgIpc) is 3.29. The number of carbonyl (C=O) groups excluding carboxylic acids is 1. The van der Waals surface area contributed by atoms with Crippen LogP contribution < -0.4 is 0 Å². The molecule has 0 spiro atoms. The van der Waals surface area contributed by atoms with Gasteiger partial charge in [-0.25, -0.2) is 0 Å². The Kier molecular flexibility index (Phi) is 6.83. The molecular weight excluding hydrogens is 384 g/mol. The summed E-state index contributed by atoms with van der Waals surface area (Å²) in [6, 6.07) is 30.4. The van der Waals surface area contributed by atoms with Crippen molar-refractivity contribution < 1.29 is 14.3 Å². The largest absolute Gasteiger partial charge is 0.489 e. The molecular formula is C28H28O3. The van der Waals surface area contributed by atoms with E-state index in [4.69, 9.17) is 9.47 Å². The van der Waals surface area contributed by atoms with Crippen molar-refractivity contribution in [3.05, 3.63) is 120 Å². The van der Waals surface area contributed by atoms with Crippen LogP contribution in [0.25, 0.3) is 0 Å². The van der Waals surface area contributed by atoms with Gasteiger partial charge in [-0.15, -0.1) is 0 Å². The fourth-order valence-corrected chi connectivity index (χ4v) is 4.33. The molecule has 1 aliphatic carbocycles. The quantitative estimate of drug-likeness (QED) is 0.313. The molecule has 4 rings (SSSR count). The van der Waals surface area contributed by atoms with E-state index < -0.39 is 12.2 Å². The molecule has 1 fully saturated rings. The maximum atomic E-state index is 12.0. The smallest absolute Gasteiger partial charge is 0.303 e. The summed E-state index contributed by atoms with van der Waals surface area (Å²) in [4.78, 5) is 12.0. The SMILES string of the molecule is CC(=O)O[C@H](c1ccccc1)[C@H](O/C=C1\CCC[C@@H]1c1ccccc1)c1ccccc1. The fraction of sp³-hybridized carbons (Fsp3) is 0.250. The number of ether oxygens (including phenoxy) is 2. The van der Waals surface area contributed by atoms with Crippen molar-refractivity contribution in [3.63, 3.8) is 0 Å². The summed E-state index contributed by atoms with van der Waals surface area (Å²) in [5.74, 6) is 0.0515. The average molecular weight is 413 g/mol. The third kappa shape index (κ3) is 5.24. The number of rotatable bonds is 7. The molecule has 0 amide bonds. The van der Waals surface area contributed by atoms with Crippen LogP contribution in [0.5, 0.6) is 0 Å². The molecule has 3 aromatic carbocycles. The Morgan fingerprint density at radius 3 is 1.97 bits per heavy atom. The molecule has 0 N–H and O–H groups in total. The van der Waals surface area contributed by atoms with Gasteiger partial charge in [0.1, 0.15) is 0 Å². The molecule has 158 valence electrons. The van der Waals surface area contributed by atoms with E-state index in [1.54, 1.807) is 0 Å². The van der Waals surface area contributed by atoms with Gasteiger partial charge in [0.15, 0.2) is 12.2 Å². The summed E-state index contributed by atoms with van der Waals surface area (Å²) in [7, 11) is 0. The first kappa shape index (κ1) is 20.9.